The molecule has 126 valence electrons. The van der Waals surface area contributed by atoms with E-state index < -0.39 is 0 Å². The molecule has 0 aliphatic carbocycles. The Kier molecular flexibility index (Phi) is 6.55. The predicted octanol–water partition coefficient (Wildman–Crippen LogP) is 3.89. The van der Waals surface area contributed by atoms with E-state index in [0.29, 0.717) is 11.5 Å². The maximum atomic E-state index is 12.4. The van der Waals surface area contributed by atoms with Crippen LogP contribution in [0.4, 0.5) is 0 Å². The van der Waals surface area contributed by atoms with Gasteiger partial charge in [-0.3, -0.25) is 9.79 Å². The fourth-order valence-corrected chi connectivity index (χ4v) is 2.62. The summed E-state index contributed by atoms with van der Waals surface area (Å²) in [5.41, 5.74) is 1.92. The van der Waals surface area contributed by atoms with Crippen molar-refractivity contribution in [3.63, 3.8) is 0 Å². The average Bonchev–Trinajstić information content (AvgIpc) is 2.63. The van der Waals surface area contributed by atoms with Crippen molar-refractivity contribution < 1.29 is 14.3 Å². The molecule has 0 bridgehead atoms. The number of benzene rings is 2. The Morgan fingerprint density at radius 1 is 1.08 bits per heavy atom. The van der Waals surface area contributed by atoms with Gasteiger partial charge in [-0.05, 0) is 35.7 Å². The van der Waals surface area contributed by atoms with Crippen LogP contribution in [0.3, 0.4) is 0 Å². The second-order valence-electron chi connectivity index (χ2n) is 5.42. The van der Waals surface area contributed by atoms with Gasteiger partial charge in [-0.1, -0.05) is 37.3 Å². The van der Waals surface area contributed by atoms with Crippen LogP contribution in [0, 0.1) is 0 Å². The van der Waals surface area contributed by atoms with Crippen LogP contribution in [0.2, 0.25) is 0 Å². The van der Waals surface area contributed by atoms with Crippen LogP contribution in [0.15, 0.2) is 53.5 Å². The van der Waals surface area contributed by atoms with Crippen LogP contribution in [0.1, 0.15) is 30.4 Å². The third-order valence-electron chi connectivity index (χ3n) is 3.89. The Hall–Kier alpha value is -2.62. The minimum Gasteiger partial charge on any atom is -0.493 e. The standard InChI is InChI=1S/C20H23NO3/c1-4-17(16-8-6-5-7-9-16)18(22)14-21-13-15-10-11-19(23-2)20(12-15)24-3/h5-13,17H,4,14H2,1-3H3. The molecule has 0 fully saturated rings. The van der Waals surface area contributed by atoms with Gasteiger partial charge in [-0.2, -0.15) is 0 Å². The summed E-state index contributed by atoms with van der Waals surface area (Å²) in [5.74, 6) is 1.33. The first-order valence-electron chi connectivity index (χ1n) is 7.99. The number of ether oxygens (including phenoxy) is 2. The lowest BCUT2D eigenvalue weighted by Crippen LogP contribution is -2.14. The summed E-state index contributed by atoms with van der Waals surface area (Å²) in [6.07, 6.45) is 2.46. The first kappa shape index (κ1) is 17.7. The van der Waals surface area contributed by atoms with Crippen LogP contribution in [-0.2, 0) is 4.79 Å². The van der Waals surface area contributed by atoms with Gasteiger partial charge in [0.1, 0.15) is 0 Å². The lowest BCUT2D eigenvalue weighted by atomic mass is 9.92. The lowest BCUT2D eigenvalue weighted by molar-refractivity contribution is -0.119. The molecule has 0 aromatic heterocycles. The largest absolute Gasteiger partial charge is 0.493 e. The topological polar surface area (TPSA) is 47.9 Å². The third kappa shape index (κ3) is 4.44. The molecule has 24 heavy (non-hydrogen) atoms. The molecule has 0 amide bonds. The zero-order valence-electron chi connectivity index (χ0n) is 14.4. The van der Waals surface area contributed by atoms with E-state index in [2.05, 4.69) is 4.99 Å². The van der Waals surface area contributed by atoms with E-state index in [9.17, 15) is 4.79 Å². The normalized spacial score (nSPS) is 12.1. The smallest absolute Gasteiger partial charge is 0.161 e. The Balaban J connectivity index is 2.04. The fourth-order valence-electron chi connectivity index (χ4n) is 2.62. The molecule has 4 heteroatoms. The molecule has 0 N–H and O–H groups in total. The Morgan fingerprint density at radius 2 is 1.79 bits per heavy atom. The van der Waals surface area contributed by atoms with E-state index in [-0.39, 0.29) is 18.2 Å². The maximum Gasteiger partial charge on any atom is 0.161 e. The van der Waals surface area contributed by atoms with Crippen molar-refractivity contribution >= 4 is 12.0 Å². The van der Waals surface area contributed by atoms with Crippen LogP contribution >= 0.6 is 0 Å². The maximum absolute atomic E-state index is 12.4. The molecule has 4 nitrogen and oxygen atoms in total. The molecule has 0 aliphatic heterocycles. The zero-order chi connectivity index (χ0) is 17.4. The Labute approximate surface area is 143 Å². The van der Waals surface area contributed by atoms with E-state index in [4.69, 9.17) is 9.47 Å². The van der Waals surface area contributed by atoms with Gasteiger partial charge in [0.25, 0.3) is 0 Å². The van der Waals surface area contributed by atoms with Crippen molar-refractivity contribution in [1.82, 2.24) is 0 Å². The minimum absolute atomic E-state index is 0.103. The predicted molar refractivity (Wildman–Crippen MR) is 96.5 cm³/mol. The number of carbonyl (C=O) groups excluding carboxylic acids is 1. The summed E-state index contributed by atoms with van der Waals surface area (Å²) in [7, 11) is 3.19. The quantitative estimate of drug-likeness (QED) is 0.692. The van der Waals surface area contributed by atoms with E-state index in [1.54, 1.807) is 20.4 Å². The number of nitrogens with zero attached hydrogens (tertiary/aromatic N) is 1. The van der Waals surface area contributed by atoms with Gasteiger partial charge in [0.2, 0.25) is 0 Å². The highest BCUT2D eigenvalue weighted by Gasteiger charge is 2.17. The van der Waals surface area contributed by atoms with Gasteiger partial charge in [-0.25, -0.2) is 0 Å². The number of rotatable bonds is 8. The van der Waals surface area contributed by atoms with E-state index >= 15 is 0 Å². The first-order chi connectivity index (χ1) is 11.7. The second kappa shape index (κ2) is 8.87. The monoisotopic (exact) mass is 325 g/mol. The summed E-state index contributed by atoms with van der Waals surface area (Å²) in [6.45, 7) is 2.19. The minimum atomic E-state index is -0.103. The molecule has 1 unspecified atom stereocenters. The van der Waals surface area contributed by atoms with E-state index in [1.165, 1.54) is 0 Å². The van der Waals surface area contributed by atoms with Crippen molar-refractivity contribution in [1.29, 1.82) is 0 Å². The molecule has 0 aliphatic rings. The number of carbonyl (C=O) groups is 1. The van der Waals surface area contributed by atoms with Gasteiger partial charge < -0.3 is 9.47 Å². The molecule has 0 spiro atoms. The van der Waals surface area contributed by atoms with Gasteiger partial charge in [0, 0.05) is 12.1 Å². The van der Waals surface area contributed by atoms with Gasteiger partial charge in [0.05, 0.1) is 20.8 Å². The van der Waals surface area contributed by atoms with Crippen molar-refractivity contribution in [2.24, 2.45) is 4.99 Å². The SMILES string of the molecule is CCC(C(=O)CN=Cc1ccc(OC)c(OC)c1)c1ccccc1. The number of hydrogen-bond acceptors (Lipinski definition) is 4. The van der Waals surface area contributed by atoms with Crippen molar-refractivity contribution in [2.75, 3.05) is 20.8 Å². The number of ketones is 1. The van der Waals surface area contributed by atoms with Crippen molar-refractivity contribution in [3.8, 4) is 11.5 Å². The highest BCUT2D eigenvalue weighted by molar-refractivity contribution is 5.90. The number of aliphatic imine (C=N–C) groups is 1. The van der Waals surface area contributed by atoms with Crippen LogP contribution in [0.5, 0.6) is 11.5 Å². The summed E-state index contributed by atoms with van der Waals surface area (Å²) in [4.78, 5) is 16.7. The van der Waals surface area contributed by atoms with Crippen LogP contribution in [0.25, 0.3) is 0 Å². The van der Waals surface area contributed by atoms with E-state index in [1.807, 2.05) is 55.5 Å². The van der Waals surface area contributed by atoms with Crippen molar-refractivity contribution in [2.45, 2.75) is 19.3 Å². The molecule has 0 saturated heterocycles. The number of Topliss-reactive ketones (excluding diaryl/α,β-unsaturated/α-hetero) is 1. The molecule has 2 aromatic rings. The summed E-state index contributed by atoms with van der Waals surface area (Å²) in [5, 5.41) is 0. The number of hydrogen-bond donors (Lipinski definition) is 0. The second-order valence-corrected chi connectivity index (χ2v) is 5.42. The molecular weight excluding hydrogens is 302 g/mol. The van der Waals surface area contributed by atoms with Crippen LogP contribution < -0.4 is 9.47 Å². The summed E-state index contributed by atoms with van der Waals surface area (Å²) >= 11 is 0. The molecule has 1 atom stereocenters. The highest BCUT2D eigenvalue weighted by atomic mass is 16.5. The molecular formula is C20H23NO3. The van der Waals surface area contributed by atoms with E-state index in [0.717, 1.165) is 17.5 Å². The average molecular weight is 325 g/mol. The molecule has 0 radical (unpaired) electrons. The molecule has 2 rings (SSSR count). The van der Waals surface area contributed by atoms with Gasteiger partial charge >= 0.3 is 0 Å². The third-order valence-corrected chi connectivity index (χ3v) is 3.89. The fraction of sp³-hybridized carbons (Fsp3) is 0.300. The van der Waals surface area contributed by atoms with Gasteiger partial charge in [-0.15, -0.1) is 0 Å². The Bertz CT molecular complexity index is 695. The van der Waals surface area contributed by atoms with Crippen molar-refractivity contribution in [3.05, 3.63) is 59.7 Å². The molecule has 0 saturated carbocycles. The Morgan fingerprint density at radius 3 is 2.42 bits per heavy atom. The lowest BCUT2D eigenvalue weighted by Gasteiger charge is -2.12. The van der Waals surface area contributed by atoms with Crippen LogP contribution in [-0.4, -0.2) is 32.8 Å². The molecule has 0 heterocycles. The van der Waals surface area contributed by atoms with Gasteiger partial charge in [0.15, 0.2) is 17.3 Å². The summed E-state index contributed by atoms with van der Waals surface area (Å²) < 4.78 is 10.5. The first-order valence-corrected chi connectivity index (χ1v) is 7.99. The molecule has 2 aromatic carbocycles. The number of methoxy groups -OCH3 is 2. The zero-order valence-corrected chi connectivity index (χ0v) is 14.4. The highest BCUT2D eigenvalue weighted by Crippen LogP contribution is 2.27. The summed E-state index contributed by atoms with van der Waals surface area (Å²) in [6, 6.07) is 15.4.